The van der Waals surface area contributed by atoms with Crippen LogP contribution in [0, 0.1) is 0 Å². The van der Waals surface area contributed by atoms with Crippen LogP contribution in [0.25, 0.3) is 0 Å². The molecule has 0 spiro atoms. The summed E-state index contributed by atoms with van der Waals surface area (Å²) in [5.41, 5.74) is 0. The van der Waals surface area contributed by atoms with Gasteiger partial charge in [-0.25, -0.2) is 4.79 Å². The van der Waals surface area contributed by atoms with Crippen molar-refractivity contribution in [3.05, 3.63) is 0 Å². The normalized spacial score (nSPS) is 10.2. The Morgan fingerprint density at radius 3 is 1.94 bits per heavy atom. The number of urea groups is 1. The summed E-state index contributed by atoms with van der Waals surface area (Å²) in [6.07, 6.45) is 0. The lowest BCUT2D eigenvalue weighted by Gasteiger charge is -2.22. The highest BCUT2D eigenvalue weighted by Gasteiger charge is 2.11. The number of carbonyl (C=O) groups excluding carboxylic acids is 1. The third-order valence-corrected chi connectivity index (χ3v) is 2.03. The zero-order chi connectivity index (χ0) is 12.2. The fraction of sp³-hybridized carbons (Fsp3) is 0.909. The van der Waals surface area contributed by atoms with Crippen LogP contribution in [0.2, 0.25) is 0 Å². The fourth-order valence-electron chi connectivity index (χ4n) is 1.22. The Kier molecular flexibility index (Phi) is 10.2. The molecule has 5 nitrogen and oxygen atoms in total. The monoisotopic (exact) mass is 232 g/mol. The first-order valence-electron chi connectivity index (χ1n) is 5.94. The largest absolute Gasteiger partial charge is 0.380 e. The van der Waals surface area contributed by atoms with Gasteiger partial charge in [0.2, 0.25) is 0 Å². The first-order valence-corrected chi connectivity index (χ1v) is 5.94. The minimum absolute atomic E-state index is 0.0538. The lowest BCUT2D eigenvalue weighted by atomic mass is 10.5. The summed E-state index contributed by atoms with van der Waals surface area (Å²) < 4.78 is 10.5. The molecule has 0 aliphatic rings. The van der Waals surface area contributed by atoms with Crippen molar-refractivity contribution < 1.29 is 14.3 Å². The van der Waals surface area contributed by atoms with Crippen LogP contribution in [0.3, 0.4) is 0 Å². The smallest absolute Gasteiger partial charge is 0.317 e. The molecule has 0 bridgehead atoms. The maximum absolute atomic E-state index is 11.6. The van der Waals surface area contributed by atoms with Crippen LogP contribution < -0.4 is 5.32 Å². The molecule has 0 rings (SSSR count). The van der Waals surface area contributed by atoms with Gasteiger partial charge in [0.05, 0.1) is 13.2 Å². The Morgan fingerprint density at radius 2 is 1.56 bits per heavy atom. The molecule has 0 aromatic heterocycles. The second-order valence-corrected chi connectivity index (χ2v) is 3.22. The predicted octanol–water partition coefficient (Wildman–Crippen LogP) is 1.09. The molecule has 1 N–H and O–H groups in total. The average Bonchev–Trinajstić information content (AvgIpc) is 2.28. The molecule has 0 saturated carbocycles. The second-order valence-electron chi connectivity index (χ2n) is 3.22. The standard InChI is InChI=1S/C11H24N2O3/c1-4-12-11(14)13(7-9-15-5-2)8-10-16-6-3/h4-10H2,1-3H3,(H,12,14). The van der Waals surface area contributed by atoms with Crippen LogP contribution in [-0.4, -0.2) is 57.0 Å². The van der Waals surface area contributed by atoms with E-state index in [4.69, 9.17) is 9.47 Å². The minimum atomic E-state index is -0.0538. The van der Waals surface area contributed by atoms with E-state index in [0.29, 0.717) is 46.1 Å². The quantitative estimate of drug-likeness (QED) is 0.605. The van der Waals surface area contributed by atoms with Crippen molar-refractivity contribution in [3.63, 3.8) is 0 Å². The number of nitrogens with one attached hydrogen (secondary N) is 1. The fourth-order valence-corrected chi connectivity index (χ4v) is 1.22. The second kappa shape index (κ2) is 10.7. The number of rotatable bonds is 9. The van der Waals surface area contributed by atoms with Crippen LogP contribution in [-0.2, 0) is 9.47 Å². The van der Waals surface area contributed by atoms with E-state index in [0.717, 1.165) is 0 Å². The van der Waals surface area contributed by atoms with Gasteiger partial charge in [-0.05, 0) is 20.8 Å². The van der Waals surface area contributed by atoms with Gasteiger partial charge in [0.25, 0.3) is 0 Å². The number of amides is 2. The Balaban J connectivity index is 3.89. The molecule has 0 aliphatic carbocycles. The Morgan fingerprint density at radius 1 is 1.06 bits per heavy atom. The SMILES string of the molecule is CCNC(=O)N(CCOCC)CCOCC. The van der Waals surface area contributed by atoms with Gasteiger partial charge in [-0.2, -0.15) is 0 Å². The summed E-state index contributed by atoms with van der Waals surface area (Å²) in [7, 11) is 0. The van der Waals surface area contributed by atoms with E-state index < -0.39 is 0 Å². The number of ether oxygens (including phenoxy) is 2. The van der Waals surface area contributed by atoms with Crippen molar-refractivity contribution in [3.8, 4) is 0 Å². The van der Waals surface area contributed by atoms with Crippen LogP contribution in [0.5, 0.6) is 0 Å². The molecule has 0 aromatic rings. The van der Waals surface area contributed by atoms with Crippen LogP contribution in [0.1, 0.15) is 20.8 Å². The molecule has 5 heteroatoms. The highest BCUT2D eigenvalue weighted by molar-refractivity contribution is 5.74. The van der Waals surface area contributed by atoms with Gasteiger partial charge in [0, 0.05) is 32.8 Å². The third kappa shape index (κ3) is 7.48. The maximum atomic E-state index is 11.6. The zero-order valence-electron chi connectivity index (χ0n) is 10.6. The van der Waals surface area contributed by atoms with E-state index >= 15 is 0 Å². The molecule has 2 amide bonds. The molecule has 0 unspecified atom stereocenters. The molecule has 0 heterocycles. The van der Waals surface area contributed by atoms with E-state index in [9.17, 15) is 4.79 Å². The third-order valence-electron chi connectivity index (χ3n) is 2.03. The van der Waals surface area contributed by atoms with Crippen LogP contribution in [0.4, 0.5) is 4.79 Å². The molecule has 0 atom stereocenters. The van der Waals surface area contributed by atoms with Gasteiger partial charge < -0.3 is 19.7 Å². The van der Waals surface area contributed by atoms with E-state index in [1.807, 2.05) is 20.8 Å². The number of nitrogens with zero attached hydrogens (tertiary/aromatic N) is 1. The lowest BCUT2D eigenvalue weighted by Crippen LogP contribution is -2.43. The predicted molar refractivity (Wildman–Crippen MR) is 63.6 cm³/mol. The molecule has 0 fully saturated rings. The van der Waals surface area contributed by atoms with Gasteiger partial charge in [0.1, 0.15) is 0 Å². The van der Waals surface area contributed by atoms with Gasteiger partial charge in [0.15, 0.2) is 0 Å². The molecule has 0 aromatic carbocycles. The summed E-state index contributed by atoms with van der Waals surface area (Å²) in [6.45, 7) is 10.1. The molecular weight excluding hydrogens is 208 g/mol. The van der Waals surface area contributed by atoms with Gasteiger partial charge in [-0.3, -0.25) is 0 Å². The van der Waals surface area contributed by atoms with E-state index in [2.05, 4.69) is 5.32 Å². The van der Waals surface area contributed by atoms with Crippen molar-refractivity contribution in [1.29, 1.82) is 0 Å². The van der Waals surface area contributed by atoms with Gasteiger partial charge in [-0.1, -0.05) is 0 Å². The van der Waals surface area contributed by atoms with E-state index in [1.165, 1.54) is 0 Å². The topological polar surface area (TPSA) is 50.8 Å². The summed E-state index contributed by atoms with van der Waals surface area (Å²) in [5, 5.41) is 2.78. The minimum Gasteiger partial charge on any atom is -0.380 e. The number of hydrogen-bond donors (Lipinski definition) is 1. The molecule has 0 aliphatic heterocycles. The van der Waals surface area contributed by atoms with E-state index in [-0.39, 0.29) is 6.03 Å². The van der Waals surface area contributed by atoms with Crippen molar-refractivity contribution in [1.82, 2.24) is 10.2 Å². The van der Waals surface area contributed by atoms with E-state index in [1.54, 1.807) is 4.90 Å². The maximum Gasteiger partial charge on any atom is 0.317 e. The lowest BCUT2D eigenvalue weighted by molar-refractivity contribution is 0.0926. The van der Waals surface area contributed by atoms with Crippen molar-refractivity contribution in [2.75, 3.05) is 46.1 Å². The number of carbonyl (C=O) groups is 1. The average molecular weight is 232 g/mol. The summed E-state index contributed by atoms with van der Waals surface area (Å²) in [5.74, 6) is 0. The molecule has 0 saturated heterocycles. The Labute approximate surface area is 98.1 Å². The summed E-state index contributed by atoms with van der Waals surface area (Å²) in [4.78, 5) is 13.4. The van der Waals surface area contributed by atoms with Gasteiger partial charge >= 0.3 is 6.03 Å². The summed E-state index contributed by atoms with van der Waals surface area (Å²) in [6, 6.07) is -0.0538. The summed E-state index contributed by atoms with van der Waals surface area (Å²) >= 11 is 0. The van der Waals surface area contributed by atoms with Crippen molar-refractivity contribution in [2.24, 2.45) is 0 Å². The van der Waals surface area contributed by atoms with Crippen LogP contribution >= 0.6 is 0 Å². The van der Waals surface area contributed by atoms with Gasteiger partial charge in [-0.15, -0.1) is 0 Å². The van der Waals surface area contributed by atoms with Crippen LogP contribution in [0.15, 0.2) is 0 Å². The Bertz CT molecular complexity index is 167. The first-order chi connectivity index (χ1) is 7.76. The molecule has 96 valence electrons. The highest BCUT2D eigenvalue weighted by Crippen LogP contribution is 1.91. The molecule has 16 heavy (non-hydrogen) atoms. The number of hydrogen-bond acceptors (Lipinski definition) is 3. The zero-order valence-corrected chi connectivity index (χ0v) is 10.6. The molecular formula is C11H24N2O3. The highest BCUT2D eigenvalue weighted by atomic mass is 16.5. The van der Waals surface area contributed by atoms with Crippen molar-refractivity contribution >= 4 is 6.03 Å². The first kappa shape index (κ1) is 15.2. The Hall–Kier alpha value is -0.810. The van der Waals surface area contributed by atoms with Crippen molar-refractivity contribution in [2.45, 2.75) is 20.8 Å². The molecule has 0 radical (unpaired) electrons.